The van der Waals surface area contributed by atoms with Crippen LogP contribution in [-0.4, -0.2) is 17.2 Å². The molecular formula is C10H11BrO3. The second-order valence-corrected chi connectivity index (χ2v) is 3.92. The van der Waals surface area contributed by atoms with E-state index in [4.69, 9.17) is 9.84 Å². The minimum atomic E-state index is -0.965. The molecule has 0 spiro atoms. The van der Waals surface area contributed by atoms with E-state index in [1.807, 2.05) is 19.1 Å². The molecule has 0 bridgehead atoms. The lowest BCUT2D eigenvalue weighted by Crippen LogP contribution is -2.23. The maximum atomic E-state index is 10.5. The average Bonchev–Trinajstić information content (AvgIpc) is 2.09. The van der Waals surface area contributed by atoms with Gasteiger partial charge in [0.05, 0.1) is 0 Å². The summed E-state index contributed by atoms with van der Waals surface area (Å²) in [4.78, 5) is 10.5. The van der Waals surface area contributed by atoms with E-state index < -0.39 is 12.1 Å². The van der Waals surface area contributed by atoms with Crippen molar-refractivity contribution in [2.45, 2.75) is 20.0 Å². The second kappa shape index (κ2) is 4.46. The number of aliphatic carboxylic acids is 1. The van der Waals surface area contributed by atoms with E-state index in [1.54, 1.807) is 6.07 Å². The van der Waals surface area contributed by atoms with Crippen molar-refractivity contribution in [3.8, 4) is 5.75 Å². The van der Waals surface area contributed by atoms with Gasteiger partial charge in [0, 0.05) is 4.47 Å². The zero-order chi connectivity index (χ0) is 10.7. The van der Waals surface area contributed by atoms with E-state index >= 15 is 0 Å². The molecule has 0 fully saturated rings. The molecule has 0 amide bonds. The highest BCUT2D eigenvalue weighted by atomic mass is 79.9. The summed E-state index contributed by atoms with van der Waals surface area (Å²) in [6, 6.07) is 5.44. The molecule has 0 aromatic heterocycles. The van der Waals surface area contributed by atoms with Crippen LogP contribution in [0.5, 0.6) is 5.75 Å². The molecule has 0 aliphatic carbocycles. The Morgan fingerprint density at radius 3 is 2.71 bits per heavy atom. The summed E-state index contributed by atoms with van der Waals surface area (Å²) in [7, 11) is 0. The molecule has 1 aromatic rings. The van der Waals surface area contributed by atoms with Crippen LogP contribution in [0.3, 0.4) is 0 Å². The van der Waals surface area contributed by atoms with Gasteiger partial charge in [-0.05, 0) is 37.6 Å². The monoisotopic (exact) mass is 258 g/mol. The number of ether oxygens (including phenoxy) is 1. The van der Waals surface area contributed by atoms with Crippen molar-refractivity contribution in [1.82, 2.24) is 0 Å². The summed E-state index contributed by atoms with van der Waals surface area (Å²) >= 11 is 3.32. The number of hydrogen-bond acceptors (Lipinski definition) is 2. The highest BCUT2D eigenvalue weighted by Gasteiger charge is 2.13. The van der Waals surface area contributed by atoms with Crippen LogP contribution >= 0.6 is 15.9 Å². The van der Waals surface area contributed by atoms with Gasteiger partial charge < -0.3 is 9.84 Å². The molecular weight excluding hydrogens is 248 g/mol. The molecule has 1 N–H and O–H groups in total. The quantitative estimate of drug-likeness (QED) is 0.907. The second-order valence-electron chi connectivity index (χ2n) is 3.01. The van der Waals surface area contributed by atoms with Gasteiger partial charge in [0.2, 0.25) is 0 Å². The Morgan fingerprint density at radius 1 is 1.57 bits per heavy atom. The van der Waals surface area contributed by atoms with Crippen molar-refractivity contribution in [2.75, 3.05) is 0 Å². The van der Waals surface area contributed by atoms with Gasteiger partial charge in [-0.1, -0.05) is 15.9 Å². The van der Waals surface area contributed by atoms with Crippen molar-refractivity contribution in [2.24, 2.45) is 0 Å². The van der Waals surface area contributed by atoms with Crippen LogP contribution in [0, 0.1) is 6.92 Å². The first kappa shape index (κ1) is 11.0. The number of benzene rings is 1. The summed E-state index contributed by atoms with van der Waals surface area (Å²) < 4.78 is 6.19. The van der Waals surface area contributed by atoms with Gasteiger partial charge in [0.25, 0.3) is 0 Å². The van der Waals surface area contributed by atoms with Crippen molar-refractivity contribution in [3.05, 3.63) is 28.2 Å². The van der Waals surface area contributed by atoms with Crippen LogP contribution in [0.15, 0.2) is 22.7 Å². The molecule has 1 unspecified atom stereocenters. The fraction of sp³-hybridized carbons (Fsp3) is 0.300. The molecule has 0 heterocycles. The molecule has 3 nitrogen and oxygen atoms in total. The third-order valence-corrected chi connectivity index (χ3v) is 2.28. The minimum Gasteiger partial charge on any atom is -0.479 e. The highest BCUT2D eigenvalue weighted by molar-refractivity contribution is 9.10. The lowest BCUT2D eigenvalue weighted by molar-refractivity contribution is -0.144. The Bertz CT molecular complexity index is 349. The van der Waals surface area contributed by atoms with Gasteiger partial charge in [-0.3, -0.25) is 0 Å². The predicted molar refractivity (Wildman–Crippen MR) is 56.6 cm³/mol. The fourth-order valence-electron chi connectivity index (χ4n) is 0.986. The first-order chi connectivity index (χ1) is 6.50. The van der Waals surface area contributed by atoms with Crippen LogP contribution in [0.25, 0.3) is 0 Å². The lowest BCUT2D eigenvalue weighted by atomic mass is 10.2. The van der Waals surface area contributed by atoms with Crippen LogP contribution in [0.1, 0.15) is 12.5 Å². The maximum Gasteiger partial charge on any atom is 0.344 e. The van der Waals surface area contributed by atoms with E-state index in [1.165, 1.54) is 6.92 Å². The molecule has 4 heteroatoms. The smallest absolute Gasteiger partial charge is 0.344 e. The van der Waals surface area contributed by atoms with Crippen LogP contribution in [0.2, 0.25) is 0 Å². The van der Waals surface area contributed by atoms with Gasteiger partial charge in [-0.25, -0.2) is 4.79 Å². The number of hydrogen-bond donors (Lipinski definition) is 1. The molecule has 0 saturated heterocycles. The molecule has 0 saturated carbocycles. The number of halogens is 1. The Labute approximate surface area is 90.8 Å². The summed E-state index contributed by atoms with van der Waals surface area (Å²) in [5.41, 5.74) is 0.910. The predicted octanol–water partition coefficient (Wildman–Crippen LogP) is 2.61. The number of rotatable bonds is 3. The van der Waals surface area contributed by atoms with Crippen molar-refractivity contribution < 1.29 is 14.6 Å². The Kier molecular flexibility index (Phi) is 3.52. The van der Waals surface area contributed by atoms with Gasteiger partial charge >= 0.3 is 5.97 Å². The summed E-state index contributed by atoms with van der Waals surface area (Å²) in [6.45, 7) is 3.37. The highest BCUT2D eigenvalue weighted by Crippen LogP contribution is 2.23. The average molecular weight is 259 g/mol. The lowest BCUT2D eigenvalue weighted by Gasteiger charge is -2.12. The fourth-order valence-corrected chi connectivity index (χ4v) is 1.46. The van der Waals surface area contributed by atoms with E-state index in [2.05, 4.69) is 15.9 Å². The molecule has 76 valence electrons. The largest absolute Gasteiger partial charge is 0.479 e. The van der Waals surface area contributed by atoms with Gasteiger partial charge in [-0.2, -0.15) is 0 Å². The van der Waals surface area contributed by atoms with E-state index in [0.717, 1.165) is 10.0 Å². The minimum absolute atomic E-state index is 0.600. The van der Waals surface area contributed by atoms with Gasteiger partial charge in [0.1, 0.15) is 5.75 Å². The maximum absolute atomic E-state index is 10.5. The third kappa shape index (κ3) is 2.73. The Morgan fingerprint density at radius 2 is 2.21 bits per heavy atom. The first-order valence-electron chi connectivity index (χ1n) is 4.16. The van der Waals surface area contributed by atoms with E-state index in [0.29, 0.717) is 5.75 Å². The molecule has 0 aliphatic rings. The molecule has 1 aromatic carbocycles. The molecule has 14 heavy (non-hydrogen) atoms. The Hall–Kier alpha value is -1.03. The first-order valence-corrected chi connectivity index (χ1v) is 4.95. The molecule has 1 atom stereocenters. The molecule has 0 radical (unpaired) electrons. The van der Waals surface area contributed by atoms with Crippen LogP contribution < -0.4 is 4.74 Å². The summed E-state index contributed by atoms with van der Waals surface area (Å²) in [5, 5.41) is 8.65. The third-order valence-electron chi connectivity index (χ3n) is 1.79. The van der Waals surface area contributed by atoms with Crippen molar-refractivity contribution in [3.63, 3.8) is 0 Å². The number of carboxylic acids is 1. The van der Waals surface area contributed by atoms with Crippen LogP contribution in [0.4, 0.5) is 0 Å². The standard InChI is InChI=1S/C10H11BrO3/c1-6-5-8(11)3-4-9(6)14-7(2)10(12)13/h3-5,7H,1-2H3,(H,12,13). The zero-order valence-electron chi connectivity index (χ0n) is 7.95. The molecule has 0 aliphatic heterocycles. The van der Waals surface area contributed by atoms with Crippen LogP contribution in [-0.2, 0) is 4.79 Å². The van der Waals surface area contributed by atoms with E-state index in [-0.39, 0.29) is 0 Å². The van der Waals surface area contributed by atoms with Crippen molar-refractivity contribution in [1.29, 1.82) is 0 Å². The zero-order valence-corrected chi connectivity index (χ0v) is 9.54. The number of carbonyl (C=O) groups is 1. The van der Waals surface area contributed by atoms with Gasteiger partial charge in [-0.15, -0.1) is 0 Å². The Balaban J connectivity index is 2.82. The topological polar surface area (TPSA) is 46.5 Å². The molecule has 1 rings (SSSR count). The van der Waals surface area contributed by atoms with Crippen molar-refractivity contribution >= 4 is 21.9 Å². The van der Waals surface area contributed by atoms with E-state index in [9.17, 15) is 4.79 Å². The van der Waals surface area contributed by atoms with Gasteiger partial charge in [0.15, 0.2) is 6.10 Å². The SMILES string of the molecule is Cc1cc(Br)ccc1OC(C)C(=O)O. The normalized spacial score (nSPS) is 12.2. The summed E-state index contributed by atoms with van der Waals surface area (Å²) in [6.07, 6.45) is -0.824. The number of carboxylic acid groups (broad SMARTS) is 1. The number of aryl methyl sites for hydroxylation is 1. The summed E-state index contributed by atoms with van der Waals surface area (Å²) in [5.74, 6) is -0.365.